The molecule has 0 saturated carbocycles. The fourth-order valence-corrected chi connectivity index (χ4v) is 4.29. The van der Waals surface area contributed by atoms with E-state index >= 15 is 0 Å². The molecule has 0 aliphatic carbocycles. The smallest absolute Gasteiger partial charge is 0.242 e. The molecule has 0 spiro atoms. The highest BCUT2D eigenvalue weighted by atomic mass is 32.2. The third kappa shape index (κ3) is 4.22. The van der Waals surface area contributed by atoms with Gasteiger partial charge in [0, 0.05) is 43.7 Å². The van der Waals surface area contributed by atoms with Gasteiger partial charge >= 0.3 is 0 Å². The normalized spacial score (nSPS) is 12.0. The Labute approximate surface area is 177 Å². The molecule has 2 heterocycles. The molecule has 0 aliphatic heterocycles. The molecule has 0 atom stereocenters. The van der Waals surface area contributed by atoms with Crippen LogP contribution < -0.4 is 5.32 Å². The molecule has 0 radical (unpaired) electrons. The van der Waals surface area contributed by atoms with E-state index in [0.717, 1.165) is 38.2 Å². The van der Waals surface area contributed by atoms with Gasteiger partial charge in [-0.25, -0.2) is 22.2 Å². The van der Waals surface area contributed by atoms with Gasteiger partial charge in [0.1, 0.15) is 0 Å². The van der Waals surface area contributed by atoms with E-state index < -0.39 is 10.0 Å². The van der Waals surface area contributed by atoms with E-state index in [0.29, 0.717) is 12.1 Å². The summed E-state index contributed by atoms with van der Waals surface area (Å²) in [6.07, 6.45) is 0.763. The first-order chi connectivity index (χ1) is 14.0. The summed E-state index contributed by atoms with van der Waals surface area (Å²) in [5.41, 5.74) is 5.81. The largest absolute Gasteiger partial charge is 0.326 e. The molecule has 3 rings (SSSR count). The van der Waals surface area contributed by atoms with Crippen LogP contribution in [0.2, 0.25) is 0 Å². The maximum Gasteiger partial charge on any atom is 0.242 e. The van der Waals surface area contributed by atoms with Gasteiger partial charge in [-0.15, -0.1) is 0 Å². The van der Waals surface area contributed by atoms with Gasteiger partial charge in [0.05, 0.1) is 10.6 Å². The maximum absolute atomic E-state index is 12.6. The fourth-order valence-electron chi connectivity index (χ4n) is 3.36. The predicted molar refractivity (Wildman–Crippen MR) is 116 cm³/mol. The number of rotatable bonds is 6. The van der Waals surface area contributed by atoms with Crippen molar-refractivity contribution in [3.63, 3.8) is 0 Å². The van der Waals surface area contributed by atoms with Gasteiger partial charge in [0.15, 0.2) is 5.65 Å². The second kappa shape index (κ2) is 8.16. The van der Waals surface area contributed by atoms with Crippen LogP contribution >= 0.6 is 0 Å². The van der Waals surface area contributed by atoms with Crippen molar-refractivity contribution in [2.75, 3.05) is 19.4 Å². The molecule has 30 heavy (non-hydrogen) atoms. The lowest BCUT2D eigenvalue weighted by Crippen LogP contribution is -2.22. The van der Waals surface area contributed by atoms with Gasteiger partial charge in [0.2, 0.25) is 15.9 Å². The van der Waals surface area contributed by atoms with Gasteiger partial charge < -0.3 is 5.32 Å². The van der Waals surface area contributed by atoms with Gasteiger partial charge in [-0.1, -0.05) is 6.07 Å². The van der Waals surface area contributed by atoms with Crippen molar-refractivity contribution in [3.05, 3.63) is 52.5 Å². The summed E-state index contributed by atoms with van der Waals surface area (Å²) in [4.78, 5) is 17.3. The number of carbonyl (C=O) groups excluding carboxylic acids is 1. The fraction of sp³-hybridized carbons (Fsp3) is 0.381. The van der Waals surface area contributed by atoms with Crippen molar-refractivity contribution >= 4 is 27.3 Å². The molecular formula is C21H27N5O3S. The molecule has 1 N–H and O–H groups in total. The first-order valence-corrected chi connectivity index (χ1v) is 11.1. The summed E-state index contributed by atoms with van der Waals surface area (Å²) in [6, 6.07) is 6.66. The average Bonchev–Trinajstić information content (AvgIpc) is 3.03. The Kier molecular flexibility index (Phi) is 5.96. The molecule has 0 fully saturated rings. The lowest BCUT2D eigenvalue weighted by molar-refractivity contribution is -0.116. The highest BCUT2D eigenvalue weighted by Gasteiger charge is 2.19. The molecule has 0 aliphatic rings. The number of fused-ring (bicyclic) bond motifs is 1. The van der Waals surface area contributed by atoms with Crippen LogP contribution in [-0.2, 0) is 21.2 Å². The zero-order chi connectivity index (χ0) is 22.2. The molecule has 3 aromatic rings. The molecule has 8 nitrogen and oxygen atoms in total. The third-order valence-electron chi connectivity index (χ3n) is 5.15. The molecular weight excluding hydrogens is 402 g/mol. The summed E-state index contributed by atoms with van der Waals surface area (Å²) < 4.78 is 27.7. The van der Waals surface area contributed by atoms with Crippen molar-refractivity contribution in [3.8, 4) is 0 Å². The van der Waals surface area contributed by atoms with Crippen LogP contribution in [0, 0.1) is 27.7 Å². The summed E-state index contributed by atoms with van der Waals surface area (Å²) in [5, 5.41) is 7.31. The monoisotopic (exact) mass is 429 g/mol. The summed E-state index contributed by atoms with van der Waals surface area (Å²) in [7, 11) is -0.621. The van der Waals surface area contributed by atoms with Crippen LogP contribution in [0.15, 0.2) is 29.2 Å². The Bertz CT molecular complexity index is 1230. The van der Waals surface area contributed by atoms with E-state index in [2.05, 4.69) is 15.4 Å². The standard InChI is InChI=1S/C21H27N5O3S/c1-13-7-8-17(30(28,29)25(5)6)12-19(13)23-21(27)10-9-18-15(3)22-20-11-14(2)24-26(20)16(18)4/h7-8,11-12H,9-10H2,1-6H3,(H,23,27). The number of hydrogen-bond acceptors (Lipinski definition) is 5. The topological polar surface area (TPSA) is 96.7 Å². The Morgan fingerprint density at radius 3 is 2.50 bits per heavy atom. The molecule has 9 heteroatoms. The van der Waals surface area contributed by atoms with Gasteiger partial charge in [-0.2, -0.15) is 5.10 Å². The van der Waals surface area contributed by atoms with E-state index in [4.69, 9.17) is 0 Å². The number of benzene rings is 1. The molecule has 0 bridgehead atoms. The van der Waals surface area contributed by atoms with Crippen molar-refractivity contribution in [2.24, 2.45) is 0 Å². The number of carbonyl (C=O) groups is 1. The van der Waals surface area contributed by atoms with E-state index in [1.165, 1.54) is 20.2 Å². The van der Waals surface area contributed by atoms with E-state index in [-0.39, 0.29) is 17.2 Å². The summed E-state index contributed by atoms with van der Waals surface area (Å²) in [5.74, 6) is -0.187. The molecule has 2 aromatic heterocycles. The van der Waals surface area contributed by atoms with Crippen molar-refractivity contribution in [2.45, 2.75) is 45.4 Å². The van der Waals surface area contributed by atoms with Gasteiger partial charge in [0.25, 0.3) is 0 Å². The molecule has 1 aromatic carbocycles. The zero-order valence-corrected chi connectivity index (χ0v) is 19.0. The van der Waals surface area contributed by atoms with Crippen LogP contribution in [0.25, 0.3) is 5.65 Å². The highest BCUT2D eigenvalue weighted by Crippen LogP contribution is 2.23. The molecule has 0 unspecified atom stereocenters. The number of hydrogen-bond donors (Lipinski definition) is 1. The summed E-state index contributed by atoms with van der Waals surface area (Å²) >= 11 is 0. The van der Waals surface area contributed by atoms with E-state index in [9.17, 15) is 13.2 Å². The average molecular weight is 430 g/mol. The van der Waals surface area contributed by atoms with Gasteiger partial charge in [-0.05, 0) is 57.4 Å². The number of amides is 1. The number of nitrogens with zero attached hydrogens (tertiary/aromatic N) is 4. The van der Waals surface area contributed by atoms with Crippen molar-refractivity contribution in [1.82, 2.24) is 18.9 Å². The molecule has 0 saturated heterocycles. The van der Waals surface area contributed by atoms with Crippen LogP contribution in [-0.4, -0.2) is 47.3 Å². The van der Waals surface area contributed by atoms with E-state index in [1.807, 2.05) is 33.8 Å². The van der Waals surface area contributed by atoms with Crippen molar-refractivity contribution < 1.29 is 13.2 Å². The Hall–Kier alpha value is -2.78. The van der Waals surface area contributed by atoms with E-state index in [1.54, 1.807) is 16.6 Å². The number of nitrogens with one attached hydrogen (secondary N) is 1. The van der Waals surface area contributed by atoms with Crippen molar-refractivity contribution in [1.29, 1.82) is 0 Å². The van der Waals surface area contributed by atoms with Gasteiger partial charge in [-0.3, -0.25) is 4.79 Å². The maximum atomic E-state index is 12.6. The molecule has 160 valence electrons. The first kappa shape index (κ1) is 21.9. The second-order valence-corrected chi connectivity index (χ2v) is 9.78. The lowest BCUT2D eigenvalue weighted by atomic mass is 10.1. The number of anilines is 1. The quantitative estimate of drug-likeness (QED) is 0.650. The zero-order valence-electron chi connectivity index (χ0n) is 18.1. The first-order valence-electron chi connectivity index (χ1n) is 9.66. The Morgan fingerprint density at radius 1 is 1.13 bits per heavy atom. The molecule has 1 amide bonds. The van der Waals surface area contributed by atoms with Crippen LogP contribution in [0.1, 0.15) is 34.6 Å². The minimum absolute atomic E-state index is 0.142. The van der Waals surface area contributed by atoms with Crippen LogP contribution in [0.5, 0.6) is 0 Å². The summed E-state index contributed by atoms with van der Waals surface area (Å²) in [6.45, 7) is 7.65. The lowest BCUT2D eigenvalue weighted by Gasteiger charge is -2.15. The number of aromatic nitrogens is 3. The van der Waals surface area contributed by atoms with Crippen LogP contribution in [0.3, 0.4) is 0 Å². The Balaban J connectivity index is 1.78. The number of aryl methyl sites for hydroxylation is 4. The Morgan fingerprint density at radius 2 is 1.83 bits per heavy atom. The van der Waals surface area contributed by atoms with Crippen LogP contribution in [0.4, 0.5) is 5.69 Å². The SMILES string of the molecule is Cc1cc2nc(C)c(CCC(=O)Nc3cc(S(=O)(=O)N(C)C)ccc3C)c(C)n2n1. The third-order valence-corrected chi connectivity index (χ3v) is 6.96. The highest BCUT2D eigenvalue weighted by molar-refractivity contribution is 7.89. The second-order valence-electron chi connectivity index (χ2n) is 7.63. The minimum Gasteiger partial charge on any atom is -0.326 e. The predicted octanol–water partition coefficient (Wildman–Crippen LogP) is 2.78. The number of sulfonamides is 1. The minimum atomic E-state index is -3.57.